The van der Waals surface area contributed by atoms with Crippen LogP contribution in [0.5, 0.6) is 0 Å². The van der Waals surface area contributed by atoms with Crippen molar-refractivity contribution in [3.05, 3.63) is 336 Å². The summed E-state index contributed by atoms with van der Waals surface area (Å²) in [5, 5.41) is 2.11. The molecule has 11 rings (SSSR count). The zero-order valence-electron chi connectivity index (χ0n) is 62.6. The third-order valence-electron chi connectivity index (χ3n) is 18.3. The Morgan fingerprint density at radius 3 is 1.77 bits per heavy atom. The van der Waals surface area contributed by atoms with E-state index in [2.05, 4.69) is 271 Å². The second-order valence-electron chi connectivity index (χ2n) is 30.3. The summed E-state index contributed by atoms with van der Waals surface area (Å²) >= 11 is 0. The molecular weight excluding hydrogens is 1790 g/mol. The molecule has 5 nitrogen and oxygen atoms in total. The van der Waals surface area contributed by atoms with Gasteiger partial charge in [0.05, 0.1) is 11.4 Å². The second kappa shape index (κ2) is 39.2. The molecule has 0 fully saturated rings. The summed E-state index contributed by atoms with van der Waals surface area (Å²) in [4.78, 5) is 23.8. The van der Waals surface area contributed by atoms with Crippen LogP contribution in [-0.4, -0.2) is 24.9 Å². The predicted octanol–water partition coefficient (Wildman–Crippen LogP) is 25.5. The van der Waals surface area contributed by atoms with E-state index in [1.54, 1.807) is 6.20 Å². The standard InChI is InChI=1S/C41H42N.C35H36N3.C19H24N.3Ir/c1-10-32(28-30(3)39-38-14-12-11-13-34(38)25-26-42-39)35(18-15-31-16-21-36(22-17-31)40(4,5)6)27-29(2)33-19-23-37(24-20-33)41(7,8)9;1-34(2,3)28-17-12-25(13-18-28)31-22-32(26-14-19-29(20-15-26)35(4,5)6)38-33(37-31)27-16-21-30(36-23-27)24-10-8-7-9-11-24;1-2-3-4-5-6-7-10-17-12-14-18(15-13-17)19-11-8-9-16-20-19;;;/h3,10-28H,1-2H2,4-9H3;7-10,12-14,16-23,26H,15H2,1-6H3;8-9,11-14,16H,2-7,10H2,1H3;;;/q3*-1;;;/b18-15+,32-28+,35-27+;;;;;. The summed E-state index contributed by atoms with van der Waals surface area (Å²) in [7, 11) is 0. The van der Waals surface area contributed by atoms with E-state index >= 15 is 0 Å². The van der Waals surface area contributed by atoms with Crippen LogP contribution in [-0.2, 0) is 83.0 Å². The summed E-state index contributed by atoms with van der Waals surface area (Å²) < 4.78 is 0. The van der Waals surface area contributed by atoms with Crippen molar-refractivity contribution < 1.29 is 60.3 Å². The average molecular weight is 1890 g/mol. The number of aromatic nitrogens is 5. The maximum Gasteiger partial charge on any atom is 0.161 e. The SMILES string of the molecule is CC(C)(C)C1=CCC(c2cc(-c3ccc(C(C)(C)C)cc3)nc(-c3ccc(-c4[c-]cccc4)nc3)n2)C=C1.CCCCCCCCc1c[c-]c(-c2ccccn2)cc1.[CH-]=C(/C=C(C=C)/C(/C=C/c1ccc(C(C)(C)C)cc1)=C/C(=C)c1ccc(C(C)(C)C)cc1)c1nccc2ccccc12.[Ir].[Ir].[Ir]. The van der Waals surface area contributed by atoms with Gasteiger partial charge in [-0.1, -0.05) is 311 Å². The van der Waals surface area contributed by atoms with E-state index in [9.17, 15) is 0 Å². The zero-order valence-corrected chi connectivity index (χ0v) is 69.8. The molecule has 8 heteroatoms. The van der Waals surface area contributed by atoms with E-state index in [0.717, 1.165) is 95.8 Å². The number of aryl methyl sites for hydroxylation is 1. The molecule has 537 valence electrons. The van der Waals surface area contributed by atoms with Gasteiger partial charge >= 0.3 is 0 Å². The van der Waals surface area contributed by atoms with Gasteiger partial charge in [0.1, 0.15) is 0 Å². The summed E-state index contributed by atoms with van der Waals surface area (Å²) in [5.41, 5.74) is 21.3. The Bertz CT molecular complexity index is 4510. The van der Waals surface area contributed by atoms with Gasteiger partial charge in [0.15, 0.2) is 5.82 Å². The van der Waals surface area contributed by atoms with Crippen molar-refractivity contribution in [2.75, 3.05) is 0 Å². The quantitative estimate of drug-likeness (QED) is 0.0432. The van der Waals surface area contributed by atoms with Gasteiger partial charge in [-0.15, -0.1) is 71.3 Å². The van der Waals surface area contributed by atoms with E-state index in [1.165, 1.54) is 72.8 Å². The monoisotopic (exact) mass is 1890 g/mol. The number of hydrogen-bond donors (Lipinski definition) is 0. The van der Waals surface area contributed by atoms with Gasteiger partial charge in [-0.25, -0.2) is 16.5 Å². The summed E-state index contributed by atoms with van der Waals surface area (Å²) in [6.45, 7) is 44.4. The summed E-state index contributed by atoms with van der Waals surface area (Å²) in [5.74, 6) is 0.911. The fourth-order valence-corrected chi connectivity index (χ4v) is 11.9. The van der Waals surface area contributed by atoms with Gasteiger partial charge in [-0.3, -0.25) is 0 Å². The first-order valence-corrected chi connectivity index (χ1v) is 35.7. The molecule has 6 aromatic carbocycles. The number of fused-ring (bicyclic) bond motifs is 1. The van der Waals surface area contributed by atoms with Gasteiger partial charge in [0.2, 0.25) is 0 Å². The number of pyridine rings is 3. The number of allylic oxidation sites excluding steroid dienone is 12. The topological polar surface area (TPSA) is 64.5 Å². The van der Waals surface area contributed by atoms with Crippen molar-refractivity contribution in [1.82, 2.24) is 24.9 Å². The molecule has 0 amide bonds. The van der Waals surface area contributed by atoms with Crippen LogP contribution in [0.2, 0.25) is 0 Å². The van der Waals surface area contributed by atoms with Crippen molar-refractivity contribution in [3.63, 3.8) is 0 Å². The molecule has 1 atom stereocenters. The van der Waals surface area contributed by atoms with Crippen LogP contribution in [0.15, 0.2) is 273 Å². The number of rotatable bonds is 20. The number of unbranched alkanes of at least 4 members (excludes halogenated alkanes) is 5. The number of hydrogen-bond acceptors (Lipinski definition) is 5. The van der Waals surface area contributed by atoms with Gasteiger partial charge in [0, 0.05) is 96.0 Å². The average Bonchev–Trinajstić information content (AvgIpc) is 0.833. The molecule has 0 spiro atoms. The molecule has 0 bridgehead atoms. The molecule has 1 aliphatic carbocycles. The van der Waals surface area contributed by atoms with Crippen LogP contribution in [0.25, 0.3) is 73.2 Å². The van der Waals surface area contributed by atoms with Gasteiger partial charge in [-0.05, 0) is 125 Å². The Kier molecular flexibility index (Phi) is 31.9. The fraction of sp³-hybridized carbons (Fsp3) is 0.274. The van der Waals surface area contributed by atoms with Crippen molar-refractivity contribution in [1.29, 1.82) is 0 Å². The van der Waals surface area contributed by atoms with Gasteiger partial charge in [-0.2, -0.15) is 11.6 Å². The maximum absolute atomic E-state index is 6.70. The first-order valence-electron chi connectivity index (χ1n) is 35.7. The van der Waals surface area contributed by atoms with Crippen molar-refractivity contribution in [2.45, 2.75) is 164 Å². The molecule has 3 radical (unpaired) electrons. The van der Waals surface area contributed by atoms with Crippen LogP contribution < -0.4 is 0 Å². The number of benzene rings is 6. The van der Waals surface area contributed by atoms with Crippen molar-refractivity contribution in [3.8, 4) is 45.2 Å². The smallest absolute Gasteiger partial charge is 0.161 e. The Labute approximate surface area is 658 Å². The third kappa shape index (κ3) is 24.5. The van der Waals surface area contributed by atoms with E-state index in [-0.39, 0.29) is 87.9 Å². The Hall–Kier alpha value is -8.02. The molecule has 4 heterocycles. The van der Waals surface area contributed by atoms with Gasteiger partial charge in [0.25, 0.3) is 0 Å². The number of nitrogens with zero attached hydrogens (tertiary/aromatic N) is 5. The zero-order chi connectivity index (χ0) is 71.5. The Morgan fingerprint density at radius 1 is 0.563 bits per heavy atom. The first kappa shape index (κ1) is 83.9. The van der Waals surface area contributed by atoms with Crippen molar-refractivity contribution >= 4 is 28.0 Å². The van der Waals surface area contributed by atoms with E-state index in [4.69, 9.17) is 21.5 Å². The largest absolute Gasteiger partial charge is 0.320 e. The molecule has 10 aromatic rings. The molecule has 0 saturated heterocycles. The molecule has 1 aliphatic rings. The van der Waals surface area contributed by atoms with Crippen LogP contribution >= 0.6 is 0 Å². The molecule has 0 aliphatic heterocycles. The predicted molar refractivity (Wildman–Crippen MR) is 427 cm³/mol. The minimum Gasteiger partial charge on any atom is -0.320 e. The Morgan fingerprint density at radius 2 is 1.18 bits per heavy atom. The third-order valence-corrected chi connectivity index (χ3v) is 18.3. The first-order chi connectivity index (χ1) is 47.8. The normalized spacial score (nSPS) is 13.2. The molecular formula is C95H102Ir3N5-3. The van der Waals surface area contributed by atoms with Gasteiger partial charge < -0.3 is 15.0 Å². The molecule has 1 unspecified atom stereocenters. The van der Waals surface area contributed by atoms with Crippen LogP contribution in [0.3, 0.4) is 0 Å². The van der Waals surface area contributed by atoms with E-state index < -0.39 is 0 Å². The second-order valence-corrected chi connectivity index (χ2v) is 30.3. The maximum atomic E-state index is 6.70. The molecule has 103 heavy (non-hydrogen) atoms. The molecule has 0 N–H and O–H groups in total. The fourth-order valence-electron chi connectivity index (χ4n) is 11.9. The minimum absolute atomic E-state index is 0. The summed E-state index contributed by atoms with van der Waals surface area (Å²) in [6.07, 6.45) is 32.8. The minimum atomic E-state index is 0. The Balaban J connectivity index is 0.000000253. The van der Waals surface area contributed by atoms with Crippen LogP contribution in [0.4, 0.5) is 0 Å². The van der Waals surface area contributed by atoms with Crippen molar-refractivity contribution in [2.24, 2.45) is 5.41 Å². The molecule has 0 saturated carbocycles. The van der Waals surface area contributed by atoms with E-state index in [0.29, 0.717) is 11.4 Å². The van der Waals surface area contributed by atoms with Crippen LogP contribution in [0.1, 0.15) is 186 Å². The summed E-state index contributed by atoms with van der Waals surface area (Å²) in [6, 6.07) is 69.5. The van der Waals surface area contributed by atoms with Crippen LogP contribution in [0, 0.1) is 24.1 Å². The molecule has 4 aromatic heterocycles. The van der Waals surface area contributed by atoms with E-state index in [1.807, 2.05) is 97.3 Å².